The van der Waals surface area contributed by atoms with Gasteiger partial charge < -0.3 is 27.4 Å². The smallest absolute Gasteiger partial charge is 0.243 e. The van der Waals surface area contributed by atoms with Crippen LogP contribution in [0.5, 0.6) is 0 Å². The molecule has 0 saturated carbocycles. The summed E-state index contributed by atoms with van der Waals surface area (Å²) in [6.07, 6.45) is 1.97. The highest BCUT2D eigenvalue weighted by Gasteiger charge is 2.33. The molecule has 1 saturated heterocycles. The van der Waals surface area contributed by atoms with Gasteiger partial charge in [0.2, 0.25) is 23.6 Å². The minimum atomic E-state index is -1.17. The second-order valence-corrected chi connectivity index (χ2v) is 8.88. The summed E-state index contributed by atoms with van der Waals surface area (Å²) in [5.41, 5.74) is 13.1. The molecule has 1 fully saturated rings. The normalized spacial score (nSPS) is 18.0. The second kappa shape index (κ2) is 12.7. The number of hydrogen-bond donors (Lipinski definition) is 5. The molecule has 1 heterocycles. The third-order valence-electron chi connectivity index (χ3n) is 6.17. The van der Waals surface area contributed by atoms with Crippen LogP contribution in [0.1, 0.15) is 30.4 Å². The maximum absolute atomic E-state index is 13.4. The van der Waals surface area contributed by atoms with Crippen molar-refractivity contribution >= 4 is 23.6 Å². The third-order valence-corrected chi connectivity index (χ3v) is 6.17. The van der Waals surface area contributed by atoms with Crippen molar-refractivity contribution in [2.24, 2.45) is 17.4 Å². The van der Waals surface area contributed by atoms with Crippen LogP contribution in [0, 0.1) is 5.92 Å². The van der Waals surface area contributed by atoms with Crippen LogP contribution in [0.2, 0.25) is 0 Å². The van der Waals surface area contributed by atoms with E-state index in [1.165, 1.54) is 0 Å². The molecule has 0 aromatic heterocycles. The molecule has 7 N–H and O–H groups in total. The van der Waals surface area contributed by atoms with E-state index in [-0.39, 0.29) is 37.0 Å². The quantitative estimate of drug-likeness (QED) is 0.311. The molecule has 186 valence electrons. The summed E-state index contributed by atoms with van der Waals surface area (Å²) in [7, 11) is 0. The largest absolute Gasteiger partial charge is 0.368 e. The van der Waals surface area contributed by atoms with E-state index in [0.29, 0.717) is 13.0 Å². The summed E-state index contributed by atoms with van der Waals surface area (Å²) in [5.74, 6) is -2.11. The Morgan fingerprint density at radius 2 is 1.60 bits per heavy atom. The molecule has 1 aliphatic rings. The van der Waals surface area contributed by atoms with Gasteiger partial charge in [0.05, 0.1) is 12.5 Å². The molecule has 0 spiro atoms. The van der Waals surface area contributed by atoms with E-state index in [4.69, 9.17) is 11.5 Å². The van der Waals surface area contributed by atoms with Crippen molar-refractivity contribution in [3.05, 3.63) is 71.8 Å². The Labute approximate surface area is 205 Å². The van der Waals surface area contributed by atoms with Crippen molar-refractivity contribution in [1.29, 1.82) is 0 Å². The van der Waals surface area contributed by atoms with Crippen LogP contribution in [0.15, 0.2) is 60.7 Å². The molecule has 1 aliphatic heterocycles. The fourth-order valence-corrected chi connectivity index (χ4v) is 4.23. The highest BCUT2D eigenvalue weighted by Crippen LogP contribution is 2.19. The fraction of sp³-hybridized carbons (Fsp3) is 0.385. The molecule has 2 aromatic rings. The van der Waals surface area contributed by atoms with Gasteiger partial charge in [-0.05, 0) is 30.4 Å². The monoisotopic (exact) mass is 479 g/mol. The topological polar surface area (TPSA) is 156 Å². The third kappa shape index (κ3) is 7.92. The Kier molecular flexibility index (Phi) is 9.37. The van der Waals surface area contributed by atoms with Gasteiger partial charge >= 0.3 is 0 Å². The van der Waals surface area contributed by atoms with Crippen molar-refractivity contribution in [1.82, 2.24) is 16.0 Å². The molecule has 9 nitrogen and oxygen atoms in total. The second-order valence-electron chi connectivity index (χ2n) is 8.88. The van der Waals surface area contributed by atoms with Crippen molar-refractivity contribution in [2.45, 2.75) is 50.2 Å². The Morgan fingerprint density at radius 3 is 2.20 bits per heavy atom. The Balaban J connectivity index is 1.75. The number of rotatable bonds is 11. The van der Waals surface area contributed by atoms with Gasteiger partial charge in [-0.2, -0.15) is 0 Å². The highest BCUT2D eigenvalue weighted by atomic mass is 16.2. The van der Waals surface area contributed by atoms with E-state index in [0.717, 1.165) is 17.5 Å². The average molecular weight is 480 g/mol. The summed E-state index contributed by atoms with van der Waals surface area (Å²) in [6.45, 7) is 0.598. The molecule has 4 amide bonds. The predicted molar refractivity (Wildman–Crippen MR) is 132 cm³/mol. The zero-order valence-electron chi connectivity index (χ0n) is 19.6. The molecule has 0 radical (unpaired) electrons. The molecule has 3 rings (SSSR count). The molecule has 4 atom stereocenters. The lowest BCUT2D eigenvalue weighted by Gasteiger charge is -2.30. The van der Waals surface area contributed by atoms with Gasteiger partial charge in [-0.15, -0.1) is 0 Å². The van der Waals surface area contributed by atoms with Gasteiger partial charge in [-0.1, -0.05) is 60.7 Å². The van der Waals surface area contributed by atoms with Gasteiger partial charge in [0.15, 0.2) is 0 Å². The number of carbonyl (C=O) groups excluding carboxylic acids is 4. The molecule has 0 aliphatic carbocycles. The number of benzene rings is 2. The first kappa shape index (κ1) is 25.9. The van der Waals surface area contributed by atoms with Gasteiger partial charge in [0, 0.05) is 18.9 Å². The lowest BCUT2D eigenvalue weighted by Crippen LogP contribution is -2.59. The van der Waals surface area contributed by atoms with Crippen LogP contribution < -0.4 is 27.4 Å². The number of amides is 4. The maximum Gasteiger partial charge on any atom is 0.243 e. The first-order valence-corrected chi connectivity index (χ1v) is 11.8. The number of piperidine rings is 1. The van der Waals surface area contributed by atoms with Crippen molar-refractivity contribution in [2.75, 3.05) is 6.54 Å². The number of carbonyl (C=O) groups is 4. The number of nitrogens with two attached hydrogens (primary N) is 2. The van der Waals surface area contributed by atoms with Gasteiger partial charge in [-0.25, -0.2) is 0 Å². The molecule has 1 unspecified atom stereocenters. The number of nitrogens with one attached hydrogen (secondary N) is 3. The lowest BCUT2D eigenvalue weighted by molar-refractivity contribution is -0.131. The predicted octanol–water partition coefficient (Wildman–Crippen LogP) is 0.170. The Hall–Kier alpha value is -3.72. The van der Waals surface area contributed by atoms with Crippen LogP contribution in [-0.4, -0.2) is 48.3 Å². The number of primary amides is 1. The van der Waals surface area contributed by atoms with E-state index in [1.807, 2.05) is 60.7 Å². The summed E-state index contributed by atoms with van der Waals surface area (Å²) >= 11 is 0. The minimum absolute atomic E-state index is 0.117. The summed E-state index contributed by atoms with van der Waals surface area (Å²) in [5, 5.41) is 8.41. The zero-order valence-corrected chi connectivity index (χ0v) is 19.6. The molecule has 35 heavy (non-hydrogen) atoms. The molecular weight excluding hydrogens is 446 g/mol. The average Bonchev–Trinajstić information content (AvgIpc) is 2.85. The van der Waals surface area contributed by atoms with Crippen LogP contribution >= 0.6 is 0 Å². The van der Waals surface area contributed by atoms with E-state index in [2.05, 4.69) is 16.0 Å². The zero-order chi connectivity index (χ0) is 25.2. The molecule has 9 heteroatoms. The molecule has 0 bridgehead atoms. The number of hydrogen-bond acceptors (Lipinski definition) is 5. The van der Waals surface area contributed by atoms with Crippen molar-refractivity contribution in [3.8, 4) is 0 Å². The van der Waals surface area contributed by atoms with E-state index < -0.39 is 29.9 Å². The first-order chi connectivity index (χ1) is 16.8. The minimum Gasteiger partial charge on any atom is -0.368 e. The van der Waals surface area contributed by atoms with Crippen LogP contribution in [-0.2, 0) is 32.0 Å². The highest BCUT2D eigenvalue weighted by molar-refractivity contribution is 5.90. The summed E-state index contributed by atoms with van der Waals surface area (Å²) in [6, 6.07) is 15.6. The van der Waals surface area contributed by atoms with E-state index in [1.54, 1.807) is 0 Å². The van der Waals surface area contributed by atoms with Crippen LogP contribution in [0.4, 0.5) is 0 Å². The van der Waals surface area contributed by atoms with Crippen molar-refractivity contribution in [3.63, 3.8) is 0 Å². The Morgan fingerprint density at radius 1 is 0.971 bits per heavy atom. The molecular formula is C26H33N5O4. The van der Waals surface area contributed by atoms with Crippen molar-refractivity contribution < 1.29 is 19.2 Å². The van der Waals surface area contributed by atoms with Gasteiger partial charge in [-0.3, -0.25) is 19.2 Å². The SMILES string of the molecule is NC(=O)C(N)[C@H](C[C@@H]1CCCNC1=O)NC(=O)[C@H](Cc1ccccc1)NC(=O)Cc1ccccc1. The van der Waals surface area contributed by atoms with E-state index >= 15 is 0 Å². The first-order valence-electron chi connectivity index (χ1n) is 11.8. The van der Waals surface area contributed by atoms with Crippen LogP contribution in [0.25, 0.3) is 0 Å². The lowest BCUT2D eigenvalue weighted by atomic mass is 9.88. The van der Waals surface area contributed by atoms with Gasteiger partial charge in [0.25, 0.3) is 0 Å². The molecule has 2 aromatic carbocycles. The van der Waals surface area contributed by atoms with Gasteiger partial charge in [0.1, 0.15) is 12.1 Å². The van der Waals surface area contributed by atoms with E-state index in [9.17, 15) is 19.2 Å². The Bertz CT molecular complexity index is 1010. The maximum atomic E-state index is 13.4. The summed E-state index contributed by atoms with van der Waals surface area (Å²) < 4.78 is 0. The summed E-state index contributed by atoms with van der Waals surface area (Å²) in [4.78, 5) is 50.3. The standard InChI is InChI=1S/C26H33N5O4/c27-23(24(28)33)20(16-19-12-7-13-29-25(19)34)31-26(35)21(14-17-8-3-1-4-9-17)30-22(32)15-18-10-5-2-6-11-18/h1-6,8-11,19-21,23H,7,12-16,27H2,(H2,28,33)(H,29,34)(H,30,32)(H,31,35)/t19-,20-,21-,23?/m0/s1. The van der Waals surface area contributed by atoms with Crippen LogP contribution in [0.3, 0.4) is 0 Å². The fourth-order valence-electron chi connectivity index (χ4n) is 4.23.